The Morgan fingerprint density at radius 2 is 2.33 bits per heavy atom. The molecule has 0 aliphatic carbocycles. The number of thioether (sulfide) groups is 1. The Morgan fingerprint density at radius 1 is 1.67 bits per heavy atom. The first-order valence-electron chi connectivity index (χ1n) is 3.10. The number of amidine groups is 1. The van der Waals surface area contributed by atoms with Crippen LogP contribution in [0.5, 0.6) is 0 Å². The standard InChI is InChI=1S/C5H11BrN4S.BrH/c6-2-1-3-11-5(7)9-4-10-8;/h4H,1-3,8H2,(H2,7,9,10);1H. The van der Waals surface area contributed by atoms with Crippen molar-refractivity contribution in [3.63, 3.8) is 0 Å². The number of alkyl halides is 1. The summed E-state index contributed by atoms with van der Waals surface area (Å²) >= 11 is 4.87. The summed E-state index contributed by atoms with van der Waals surface area (Å²) in [5, 5.41) is 4.87. The summed E-state index contributed by atoms with van der Waals surface area (Å²) in [6, 6.07) is 0. The van der Waals surface area contributed by atoms with Gasteiger partial charge in [-0.1, -0.05) is 27.7 Å². The van der Waals surface area contributed by atoms with E-state index in [1.165, 1.54) is 6.34 Å². The summed E-state index contributed by atoms with van der Waals surface area (Å²) in [7, 11) is 0. The zero-order chi connectivity index (χ0) is 8.53. The first-order valence-corrected chi connectivity index (χ1v) is 5.21. The molecule has 0 saturated carbocycles. The predicted molar refractivity (Wildman–Crippen MR) is 53.7 cm³/mol. The molecule has 0 aromatic carbocycles. The van der Waals surface area contributed by atoms with Gasteiger partial charge in [-0.25, -0.2) is 4.99 Å². The molecule has 0 rings (SSSR count). The monoisotopic (exact) mass is 318 g/mol. The molecule has 0 aromatic rings. The van der Waals surface area contributed by atoms with Crippen LogP contribution in [0.4, 0.5) is 0 Å². The molecule has 0 aliphatic rings. The lowest BCUT2D eigenvalue weighted by atomic mass is 10.6. The maximum atomic E-state index is 5.51. The van der Waals surface area contributed by atoms with Crippen molar-refractivity contribution in [3.8, 4) is 0 Å². The van der Waals surface area contributed by atoms with Crippen molar-refractivity contribution in [2.45, 2.75) is 6.42 Å². The molecule has 0 heterocycles. The lowest BCUT2D eigenvalue weighted by molar-refractivity contribution is -0.301. The molecule has 7 heteroatoms. The van der Waals surface area contributed by atoms with Crippen molar-refractivity contribution >= 4 is 39.2 Å². The highest BCUT2D eigenvalue weighted by molar-refractivity contribution is 9.09. The lowest BCUT2D eigenvalue weighted by Gasteiger charge is -1.92. The highest BCUT2D eigenvalue weighted by Crippen LogP contribution is 1.99. The largest absolute Gasteiger partial charge is 1.00 e. The Morgan fingerprint density at radius 3 is 2.83 bits per heavy atom. The first kappa shape index (κ1) is 14.8. The third-order valence-electron chi connectivity index (χ3n) is 0.817. The van der Waals surface area contributed by atoms with Crippen LogP contribution in [-0.4, -0.2) is 22.6 Å². The van der Waals surface area contributed by atoms with Gasteiger partial charge in [0.25, 0.3) is 5.17 Å². The number of nitrogens with one attached hydrogen (secondary N) is 1. The molecule has 0 aliphatic heterocycles. The van der Waals surface area contributed by atoms with Crippen LogP contribution in [0.15, 0.2) is 5.10 Å². The van der Waals surface area contributed by atoms with Gasteiger partial charge >= 0.3 is 0 Å². The van der Waals surface area contributed by atoms with E-state index in [2.05, 4.69) is 26.0 Å². The molecule has 0 bridgehead atoms. The van der Waals surface area contributed by atoms with Gasteiger partial charge in [-0.15, -0.1) is 0 Å². The van der Waals surface area contributed by atoms with Crippen LogP contribution < -0.4 is 33.6 Å². The molecule has 72 valence electrons. The third kappa shape index (κ3) is 10.2. The molecule has 0 radical (unpaired) electrons. The van der Waals surface area contributed by atoms with Gasteiger partial charge in [-0.2, -0.15) is 0 Å². The molecular formula is C5H12Br2N4S. The molecule has 0 unspecified atom stereocenters. The number of halogens is 2. The minimum Gasteiger partial charge on any atom is -1.00 e. The average molecular weight is 320 g/mol. The van der Waals surface area contributed by atoms with Gasteiger partial charge in [-0.3, -0.25) is 5.84 Å². The van der Waals surface area contributed by atoms with Gasteiger partial charge in [-0.05, 0) is 11.5 Å². The second-order valence-corrected chi connectivity index (χ2v) is 3.61. The molecule has 0 fully saturated rings. The van der Waals surface area contributed by atoms with E-state index in [-0.39, 0.29) is 17.0 Å². The minimum atomic E-state index is 0. The number of hydrogen-bond donors (Lipinski definition) is 3. The second-order valence-electron chi connectivity index (χ2n) is 1.68. The van der Waals surface area contributed by atoms with Crippen molar-refractivity contribution in [1.29, 1.82) is 0 Å². The molecule has 4 nitrogen and oxygen atoms in total. The smallest absolute Gasteiger partial charge is 0.252 e. The second kappa shape index (κ2) is 11.2. The highest BCUT2D eigenvalue weighted by Gasteiger charge is 1.94. The van der Waals surface area contributed by atoms with E-state index >= 15 is 0 Å². The predicted octanol–water partition coefficient (Wildman–Crippen LogP) is -4.19. The van der Waals surface area contributed by atoms with Gasteiger partial charge in [0.05, 0.1) is 0 Å². The summed E-state index contributed by atoms with van der Waals surface area (Å²) in [6.45, 7) is 0. The molecule has 12 heavy (non-hydrogen) atoms. The van der Waals surface area contributed by atoms with Crippen molar-refractivity contribution in [1.82, 2.24) is 0 Å². The Bertz CT molecular complexity index is 150. The zero-order valence-corrected chi connectivity index (χ0v) is 10.5. The van der Waals surface area contributed by atoms with Crippen LogP contribution in [0, 0.1) is 0 Å². The maximum absolute atomic E-state index is 5.51. The van der Waals surface area contributed by atoms with E-state index in [1.54, 1.807) is 11.8 Å². The van der Waals surface area contributed by atoms with Crippen LogP contribution in [-0.2, 0) is 0 Å². The van der Waals surface area contributed by atoms with E-state index in [0.717, 1.165) is 17.5 Å². The minimum absolute atomic E-state index is 0. The number of rotatable bonds is 4. The van der Waals surface area contributed by atoms with Gasteiger partial charge in [0.2, 0.25) is 6.34 Å². The van der Waals surface area contributed by atoms with E-state index in [9.17, 15) is 0 Å². The summed E-state index contributed by atoms with van der Waals surface area (Å²) < 4.78 is 0. The van der Waals surface area contributed by atoms with Crippen molar-refractivity contribution in [2.75, 3.05) is 11.1 Å². The van der Waals surface area contributed by atoms with Crippen molar-refractivity contribution in [2.24, 2.45) is 16.7 Å². The van der Waals surface area contributed by atoms with E-state index in [1.807, 2.05) is 0 Å². The number of nitrogens with two attached hydrogens (primary N) is 2. The van der Waals surface area contributed by atoms with E-state index < -0.39 is 0 Å². The molecule has 0 atom stereocenters. The van der Waals surface area contributed by atoms with Gasteiger partial charge in [0.15, 0.2) is 0 Å². The summed E-state index contributed by atoms with van der Waals surface area (Å²) in [4.78, 5) is 2.72. The van der Waals surface area contributed by atoms with E-state index in [0.29, 0.717) is 5.17 Å². The van der Waals surface area contributed by atoms with Gasteiger partial charge < -0.3 is 22.7 Å². The van der Waals surface area contributed by atoms with Gasteiger partial charge in [0.1, 0.15) is 0 Å². The molecule has 5 N–H and O–H groups in total. The first-order chi connectivity index (χ1) is 5.31. The quantitative estimate of drug-likeness (QED) is 0.123. The lowest BCUT2D eigenvalue weighted by Crippen LogP contribution is -3.00. The fourth-order valence-electron chi connectivity index (χ4n) is 0.379. The number of nitrogens with zero attached hydrogens (tertiary/aromatic N) is 1. The molecule has 0 aromatic heterocycles. The van der Waals surface area contributed by atoms with Crippen LogP contribution in [0.2, 0.25) is 0 Å². The molecular weight excluding hydrogens is 308 g/mol. The molecule has 0 spiro atoms. The van der Waals surface area contributed by atoms with Gasteiger partial charge in [0, 0.05) is 11.1 Å². The zero-order valence-electron chi connectivity index (χ0n) is 6.46. The Labute approximate surface area is 95.1 Å². The summed E-state index contributed by atoms with van der Waals surface area (Å²) in [5.74, 6) is 5.84. The van der Waals surface area contributed by atoms with Crippen LogP contribution in [0.25, 0.3) is 0 Å². The topological polar surface area (TPSA) is 78.4 Å². The maximum Gasteiger partial charge on any atom is 0.252 e. The molecule has 0 saturated heterocycles. The highest BCUT2D eigenvalue weighted by atomic mass is 79.9. The number of hydrogen-bond acceptors (Lipinski definition) is 3. The number of hydrazone groups is 1. The van der Waals surface area contributed by atoms with Crippen LogP contribution >= 0.6 is 27.7 Å². The fourth-order valence-corrected chi connectivity index (χ4v) is 1.68. The summed E-state index contributed by atoms with van der Waals surface area (Å²) in [5.41, 5.74) is 5.51. The van der Waals surface area contributed by atoms with E-state index in [4.69, 9.17) is 11.6 Å². The Kier molecular flexibility index (Phi) is 13.8. The normalized spacial score (nSPS) is 11.6. The fraction of sp³-hybridized carbons (Fsp3) is 0.600. The van der Waals surface area contributed by atoms with Crippen molar-refractivity contribution in [3.05, 3.63) is 0 Å². The van der Waals surface area contributed by atoms with Crippen LogP contribution in [0.3, 0.4) is 0 Å². The Hall–Kier alpha value is 0.250. The van der Waals surface area contributed by atoms with Crippen LogP contribution in [0.1, 0.15) is 6.42 Å². The third-order valence-corrected chi connectivity index (χ3v) is 2.30. The SMILES string of the molecule is N/N=C/[NH+]=C(N)SCCCBr.[Br-]. The average Bonchev–Trinajstić information content (AvgIpc) is 2.01. The summed E-state index contributed by atoms with van der Waals surface area (Å²) in [6.07, 6.45) is 2.45. The van der Waals surface area contributed by atoms with Crippen molar-refractivity contribution < 1.29 is 22.0 Å². The Balaban J connectivity index is 0. The molecule has 0 amide bonds.